The van der Waals surface area contributed by atoms with Crippen molar-refractivity contribution in [2.45, 2.75) is 32.4 Å². The molecule has 0 unspecified atom stereocenters. The third-order valence-electron chi connectivity index (χ3n) is 5.00. The Hall–Kier alpha value is -1.42. The van der Waals surface area contributed by atoms with Gasteiger partial charge in [0.2, 0.25) is 0 Å². The second kappa shape index (κ2) is 15.5. The van der Waals surface area contributed by atoms with Crippen molar-refractivity contribution < 1.29 is 17.6 Å². The Morgan fingerprint density at radius 3 is 1.15 bits per heavy atom. The summed E-state index contributed by atoms with van der Waals surface area (Å²) < 4.78 is 54.1. The normalized spacial score (nSPS) is 11.3. The van der Waals surface area contributed by atoms with Gasteiger partial charge in [-0.3, -0.25) is 0 Å². The lowest BCUT2D eigenvalue weighted by molar-refractivity contribution is 0.538. The first-order valence-electron chi connectivity index (χ1n) is 11.0. The molecule has 0 heterocycles. The maximum absolute atomic E-state index is 13.7. The number of hydrogen-bond acceptors (Lipinski definition) is 4. The highest BCUT2D eigenvalue weighted by molar-refractivity contribution is 6.31. The molecule has 2 rings (SSSR count). The van der Waals surface area contributed by atoms with E-state index in [0.29, 0.717) is 13.1 Å². The summed E-state index contributed by atoms with van der Waals surface area (Å²) in [6.07, 6.45) is 2.67. The van der Waals surface area contributed by atoms with E-state index in [4.69, 9.17) is 23.2 Å². The van der Waals surface area contributed by atoms with E-state index in [1.165, 1.54) is 0 Å². The van der Waals surface area contributed by atoms with E-state index in [-0.39, 0.29) is 34.3 Å². The summed E-state index contributed by atoms with van der Waals surface area (Å²) in [6, 6.07) is 4.19. The van der Waals surface area contributed by atoms with Crippen LogP contribution in [0.1, 0.15) is 30.4 Å². The van der Waals surface area contributed by atoms with Crippen LogP contribution in [0.25, 0.3) is 0 Å². The van der Waals surface area contributed by atoms with Gasteiger partial charge in [0.15, 0.2) is 0 Å². The molecule has 33 heavy (non-hydrogen) atoms. The highest BCUT2D eigenvalue weighted by Crippen LogP contribution is 2.23. The summed E-state index contributed by atoms with van der Waals surface area (Å²) in [5.74, 6) is -2.27. The van der Waals surface area contributed by atoms with E-state index >= 15 is 0 Å². The minimum atomic E-state index is -0.620. The van der Waals surface area contributed by atoms with Gasteiger partial charge in [-0.25, -0.2) is 17.6 Å². The van der Waals surface area contributed by atoms with Gasteiger partial charge in [-0.1, -0.05) is 23.2 Å². The summed E-state index contributed by atoms with van der Waals surface area (Å²) in [4.78, 5) is 0. The van der Waals surface area contributed by atoms with Crippen LogP contribution in [0.4, 0.5) is 17.6 Å². The van der Waals surface area contributed by atoms with Crippen molar-refractivity contribution >= 4 is 23.2 Å². The van der Waals surface area contributed by atoms with Crippen molar-refractivity contribution in [3.63, 3.8) is 0 Å². The third-order valence-corrected chi connectivity index (χ3v) is 5.82. The van der Waals surface area contributed by atoms with Crippen LogP contribution in [0, 0.1) is 23.3 Å². The number of halogens is 6. The zero-order valence-electron chi connectivity index (χ0n) is 18.4. The van der Waals surface area contributed by atoms with Crippen LogP contribution in [-0.4, -0.2) is 39.3 Å². The van der Waals surface area contributed by atoms with E-state index in [0.717, 1.165) is 69.7 Å². The molecule has 10 heteroatoms. The molecule has 0 aliphatic carbocycles. The summed E-state index contributed by atoms with van der Waals surface area (Å²) in [5, 5.41) is 12.5. The molecule has 0 amide bonds. The second-order valence-electron chi connectivity index (χ2n) is 7.56. The lowest BCUT2D eigenvalue weighted by Gasteiger charge is -2.10. The first-order valence-corrected chi connectivity index (χ1v) is 11.7. The summed E-state index contributed by atoms with van der Waals surface area (Å²) in [7, 11) is 0. The van der Waals surface area contributed by atoms with Crippen LogP contribution >= 0.6 is 23.2 Å². The zero-order chi connectivity index (χ0) is 24.1. The molecule has 4 N–H and O–H groups in total. The average molecular weight is 509 g/mol. The van der Waals surface area contributed by atoms with Crippen LogP contribution in [0.2, 0.25) is 10.0 Å². The van der Waals surface area contributed by atoms with Crippen molar-refractivity contribution in [2.24, 2.45) is 0 Å². The fourth-order valence-electron chi connectivity index (χ4n) is 3.15. The van der Waals surface area contributed by atoms with E-state index in [1.54, 1.807) is 0 Å². The van der Waals surface area contributed by atoms with Gasteiger partial charge in [0.1, 0.15) is 23.3 Å². The van der Waals surface area contributed by atoms with Crippen LogP contribution < -0.4 is 21.3 Å². The second-order valence-corrected chi connectivity index (χ2v) is 8.31. The number of rotatable bonds is 16. The highest BCUT2D eigenvalue weighted by atomic mass is 35.5. The van der Waals surface area contributed by atoms with E-state index in [9.17, 15) is 17.6 Å². The molecule has 2 aromatic rings. The predicted octanol–water partition coefficient (Wildman–Crippen LogP) is 4.78. The van der Waals surface area contributed by atoms with Gasteiger partial charge in [0.25, 0.3) is 0 Å². The Labute approximate surface area is 202 Å². The molecular weight excluding hydrogens is 479 g/mol. The fourth-order valence-corrected chi connectivity index (χ4v) is 3.59. The highest BCUT2D eigenvalue weighted by Gasteiger charge is 2.12. The van der Waals surface area contributed by atoms with E-state index in [2.05, 4.69) is 21.3 Å². The van der Waals surface area contributed by atoms with Gasteiger partial charge in [0.05, 0.1) is 10.0 Å². The first kappa shape index (κ1) is 27.8. The van der Waals surface area contributed by atoms with Gasteiger partial charge >= 0.3 is 0 Å². The molecule has 0 bridgehead atoms. The Morgan fingerprint density at radius 1 is 0.485 bits per heavy atom. The van der Waals surface area contributed by atoms with Crippen LogP contribution in [0.5, 0.6) is 0 Å². The Balaban J connectivity index is 1.39. The van der Waals surface area contributed by atoms with Crippen molar-refractivity contribution in [2.75, 3.05) is 39.3 Å². The molecule has 0 saturated heterocycles. The van der Waals surface area contributed by atoms with E-state index in [1.807, 2.05) is 0 Å². The number of hydrogen-bond donors (Lipinski definition) is 4. The molecule has 0 radical (unpaired) electrons. The van der Waals surface area contributed by atoms with E-state index < -0.39 is 23.3 Å². The molecular formula is C23H30Cl2F4N4. The first-order chi connectivity index (χ1) is 15.9. The monoisotopic (exact) mass is 508 g/mol. The fraction of sp³-hybridized carbons (Fsp3) is 0.478. The van der Waals surface area contributed by atoms with Gasteiger partial charge in [-0.15, -0.1) is 0 Å². The molecule has 0 fully saturated rings. The van der Waals surface area contributed by atoms with Gasteiger partial charge in [-0.2, -0.15) is 0 Å². The Morgan fingerprint density at radius 2 is 0.788 bits per heavy atom. The standard InChI is InChI=1S/C23H30Cl2F4N4/c24-22-16(18(26)4-6-20(22)28)14-32-12-2-10-30-8-1-9-31-11-3-13-33-15-17-19(27)5-7-21(29)23(17)25/h4-7,30-33H,1-3,8-15H2. The number of nitrogens with one attached hydrogen (secondary N) is 4. The molecule has 0 aliphatic heterocycles. The number of benzene rings is 2. The SMILES string of the molecule is Fc1ccc(F)c(CNCCCNCCCNCCCNCc2c(F)ccc(F)c2Cl)c1Cl. The van der Waals surface area contributed by atoms with Crippen LogP contribution in [-0.2, 0) is 13.1 Å². The van der Waals surface area contributed by atoms with Crippen LogP contribution in [0.3, 0.4) is 0 Å². The minimum Gasteiger partial charge on any atom is -0.317 e. The summed E-state index contributed by atoms with van der Waals surface area (Å²) >= 11 is 11.6. The van der Waals surface area contributed by atoms with Gasteiger partial charge in [-0.05, 0) is 82.8 Å². The largest absolute Gasteiger partial charge is 0.317 e. The third kappa shape index (κ3) is 9.76. The molecule has 0 aliphatic rings. The van der Waals surface area contributed by atoms with Gasteiger partial charge < -0.3 is 21.3 Å². The minimum absolute atomic E-state index is 0.149. The maximum Gasteiger partial charge on any atom is 0.142 e. The Bertz CT molecular complexity index is 801. The summed E-state index contributed by atoms with van der Waals surface area (Å²) in [5.41, 5.74) is 0.298. The van der Waals surface area contributed by atoms with Crippen molar-refractivity contribution in [1.29, 1.82) is 0 Å². The molecule has 0 spiro atoms. The van der Waals surface area contributed by atoms with Crippen molar-refractivity contribution in [3.05, 3.63) is 68.7 Å². The quantitative estimate of drug-likeness (QED) is 0.150. The lowest BCUT2D eigenvalue weighted by Crippen LogP contribution is -2.27. The molecule has 184 valence electrons. The molecule has 0 atom stereocenters. The van der Waals surface area contributed by atoms with Crippen molar-refractivity contribution in [1.82, 2.24) is 21.3 Å². The molecule has 4 nitrogen and oxygen atoms in total. The topological polar surface area (TPSA) is 48.1 Å². The van der Waals surface area contributed by atoms with Gasteiger partial charge in [0, 0.05) is 24.2 Å². The maximum atomic E-state index is 13.7. The zero-order valence-corrected chi connectivity index (χ0v) is 19.9. The van der Waals surface area contributed by atoms with Crippen LogP contribution in [0.15, 0.2) is 24.3 Å². The average Bonchev–Trinajstić information content (AvgIpc) is 2.80. The Kier molecular flexibility index (Phi) is 13.0. The predicted molar refractivity (Wildman–Crippen MR) is 126 cm³/mol. The molecule has 0 aromatic heterocycles. The van der Waals surface area contributed by atoms with Crippen molar-refractivity contribution in [3.8, 4) is 0 Å². The summed E-state index contributed by atoms with van der Waals surface area (Å²) in [6.45, 7) is 5.06. The lowest BCUT2D eigenvalue weighted by atomic mass is 10.2. The molecule has 0 saturated carbocycles. The molecule has 2 aromatic carbocycles. The smallest absolute Gasteiger partial charge is 0.142 e.